The zero-order valence-electron chi connectivity index (χ0n) is 7.96. The molecule has 1 atom stereocenters. The smallest absolute Gasteiger partial charge is 0.284 e. The Morgan fingerprint density at radius 3 is 2.17 bits per heavy atom. The lowest BCUT2D eigenvalue weighted by Crippen LogP contribution is -2.13. The van der Waals surface area contributed by atoms with Crippen molar-refractivity contribution in [3.63, 3.8) is 0 Å². The van der Waals surface area contributed by atoms with Crippen LogP contribution < -0.4 is 0 Å². The van der Waals surface area contributed by atoms with Gasteiger partial charge in [0.15, 0.2) is 0 Å². The molecule has 0 aliphatic rings. The van der Waals surface area contributed by atoms with Crippen molar-refractivity contribution in [3.8, 4) is 0 Å². The zero-order valence-corrected chi connectivity index (χ0v) is 8.86. The molecule has 0 aliphatic carbocycles. The molecular weight excluding hydrogens is 182 g/mol. The molecule has 0 spiro atoms. The standard InChI is InChI=1S/C7H16FO3P/c1-5-10-12(8,9)11-6-7(2,3)4/h5-6H2,1-4H3. The first-order valence-corrected chi connectivity index (χ1v) is 5.29. The molecule has 0 fully saturated rings. The van der Waals surface area contributed by atoms with Crippen LogP contribution in [0.5, 0.6) is 0 Å². The van der Waals surface area contributed by atoms with Gasteiger partial charge in [-0.1, -0.05) is 20.8 Å². The van der Waals surface area contributed by atoms with Crippen molar-refractivity contribution in [1.82, 2.24) is 0 Å². The molecule has 0 rings (SSSR count). The highest BCUT2D eigenvalue weighted by molar-refractivity contribution is 7.48. The summed E-state index contributed by atoms with van der Waals surface area (Å²) in [6, 6.07) is 0. The summed E-state index contributed by atoms with van der Waals surface area (Å²) in [6.45, 7) is 7.28. The van der Waals surface area contributed by atoms with E-state index in [9.17, 15) is 8.76 Å². The minimum absolute atomic E-state index is 0.0535. The first-order valence-electron chi connectivity index (χ1n) is 3.85. The molecule has 3 nitrogen and oxygen atoms in total. The molecule has 5 heteroatoms. The van der Waals surface area contributed by atoms with Crippen LogP contribution in [0.2, 0.25) is 0 Å². The molecule has 0 aromatic heterocycles. The van der Waals surface area contributed by atoms with Crippen molar-refractivity contribution in [2.45, 2.75) is 27.7 Å². The van der Waals surface area contributed by atoms with E-state index in [-0.39, 0.29) is 18.6 Å². The van der Waals surface area contributed by atoms with Gasteiger partial charge in [-0.2, -0.15) is 0 Å². The SMILES string of the molecule is CCOP(=O)(F)OCC(C)(C)C. The van der Waals surface area contributed by atoms with Crippen LogP contribution in [0, 0.1) is 5.41 Å². The fourth-order valence-corrected chi connectivity index (χ4v) is 1.39. The van der Waals surface area contributed by atoms with Gasteiger partial charge in [-0.05, 0) is 12.3 Å². The molecule has 0 aromatic carbocycles. The Morgan fingerprint density at radius 1 is 1.33 bits per heavy atom. The van der Waals surface area contributed by atoms with Crippen LogP contribution in [-0.2, 0) is 13.6 Å². The minimum Gasteiger partial charge on any atom is -0.284 e. The summed E-state index contributed by atoms with van der Waals surface area (Å²) in [5.74, 6) is 0. The highest BCUT2D eigenvalue weighted by Gasteiger charge is 2.25. The molecule has 12 heavy (non-hydrogen) atoms. The Balaban J connectivity index is 3.84. The van der Waals surface area contributed by atoms with Gasteiger partial charge in [-0.3, -0.25) is 9.05 Å². The molecule has 0 bridgehead atoms. The Labute approximate surface area is 72.9 Å². The molecule has 0 N–H and O–H groups in total. The Bertz CT molecular complexity index is 176. The average Bonchev–Trinajstić information content (AvgIpc) is 1.83. The fourth-order valence-electron chi connectivity index (χ4n) is 0.462. The molecule has 0 aromatic rings. The fraction of sp³-hybridized carbons (Fsp3) is 1.00. The van der Waals surface area contributed by atoms with Crippen molar-refractivity contribution in [2.24, 2.45) is 5.41 Å². The minimum atomic E-state index is -4.29. The molecule has 0 saturated heterocycles. The van der Waals surface area contributed by atoms with Gasteiger partial charge in [0.1, 0.15) is 0 Å². The Hall–Kier alpha value is 0.0800. The van der Waals surface area contributed by atoms with E-state index in [1.165, 1.54) is 0 Å². The van der Waals surface area contributed by atoms with E-state index >= 15 is 0 Å². The summed E-state index contributed by atoms with van der Waals surface area (Å²) in [6.07, 6.45) is 0. The van der Waals surface area contributed by atoms with Crippen molar-refractivity contribution in [2.75, 3.05) is 13.2 Å². The van der Waals surface area contributed by atoms with Crippen molar-refractivity contribution >= 4 is 7.91 Å². The monoisotopic (exact) mass is 198 g/mol. The van der Waals surface area contributed by atoms with E-state index in [1.807, 2.05) is 20.8 Å². The number of hydrogen-bond donors (Lipinski definition) is 0. The third-order valence-electron chi connectivity index (χ3n) is 0.935. The van der Waals surface area contributed by atoms with Crippen LogP contribution in [0.3, 0.4) is 0 Å². The summed E-state index contributed by atoms with van der Waals surface area (Å²) >= 11 is 0. The van der Waals surface area contributed by atoms with Crippen LogP contribution in [0.1, 0.15) is 27.7 Å². The summed E-state index contributed by atoms with van der Waals surface area (Å²) in [7, 11) is -4.29. The van der Waals surface area contributed by atoms with Crippen LogP contribution in [0.4, 0.5) is 4.20 Å². The van der Waals surface area contributed by atoms with Crippen LogP contribution >= 0.6 is 7.91 Å². The van der Waals surface area contributed by atoms with Crippen molar-refractivity contribution in [1.29, 1.82) is 0 Å². The topological polar surface area (TPSA) is 35.5 Å². The van der Waals surface area contributed by atoms with E-state index in [1.54, 1.807) is 6.92 Å². The normalized spacial score (nSPS) is 17.4. The highest BCUT2D eigenvalue weighted by Crippen LogP contribution is 2.50. The zero-order chi connectivity index (χ0) is 9.83. The van der Waals surface area contributed by atoms with E-state index in [0.29, 0.717) is 0 Å². The van der Waals surface area contributed by atoms with Crippen molar-refractivity contribution in [3.05, 3.63) is 0 Å². The molecule has 0 heterocycles. The van der Waals surface area contributed by atoms with E-state index in [2.05, 4.69) is 9.05 Å². The molecular formula is C7H16FO3P. The molecule has 0 radical (unpaired) electrons. The maximum absolute atomic E-state index is 12.7. The lowest BCUT2D eigenvalue weighted by atomic mass is 9.99. The quantitative estimate of drug-likeness (QED) is 0.651. The maximum atomic E-state index is 12.7. The second-order valence-corrected chi connectivity index (χ2v) is 5.06. The van der Waals surface area contributed by atoms with Crippen molar-refractivity contribution < 1.29 is 17.8 Å². The highest BCUT2D eigenvalue weighted by atomic mass is 31.2. The Kier molecular flexibility index (Phi) is 4.38. The van der Waals surface area contributed by atoms with Gasteiger partial charge in [0.2, 0.25) is 0 Å². The second kappa shape index (κ2) is 4.35. The van der Waals surface area contributed by atoms with Crippen LogP contribution in [0.25, 0.3) is 0 Å². The second-order valence-electron chi connectivity index (χ2n) is 3.68. The van der Waals surface area contributed by atoms with Gasteiger partial charge in [-0.25, -0.2) is 4.57 Å². The van der Waals surface area contributed by atoms with Gasteiger partial charge in [0.25, 0.3) is 0 Å². The van der Waals surface area contributed by atoms with Gasteiger partial charge in [-0.15, -0.1) is 4.20 Å². The third-order valence-corrected chi connectivity index (χ3v) is 1.94. The van der Waals surface area contributed by atoms with Crippen LogP contribution in [0.15, 0.2) is 0 Å². The van der Waals surface area contributed by atoms with Crippen LogP contribution in [-0.4, -0.2) is 13.2 Å². The molecule has 1 unspecified atom stereocenters. The van der Waals surface area contributed by atoms with Gasteiger partial charge >= 0.3 is 7.91 Å². The maximum Gasteiger partial charge on any atom is 0.513 e. The predicted octanol–water partition coefficient (Wildman–Crippen LogP) is 3.16. The summed E-state index contributed by atoms with van der Waals surface area (Å²) < 4.78 is 32.3. The summed E-state index contributed by atoms with van der Waals surface area (Å²) in [4.78, 5) is 0. The number of hydrogen-bond acceptors (Lipinski definition) is 3. The third kappa shape index (κ3) is 6.77. The largest absolute Gasteiger partial charge is 0.513 e. The lowest BCUT2D eigenvalue weighted by Gasteiger charge is -2.18. The van der Waals surface area contributed by atoms with E-state index in [0.717, 1.165) is 0 Å². The van der Waals surface area contributed by atoms with Gasteiger partial charge in [0.05, 0.1) is 13.2 Å². The van der Waals surface area contributed by atoms with Gasteiger partial charge in [0, 0.05) is 0 Å². The summed E-state index contributed by atoms with van der Waals surface area (Å²) in [5.41, 5.74) is -0.209. The van der Waals surface area contributed by atoms with E-state index in [4.69, 9.17) is 0 Å². The predicted molar refractivity (Wildman–Crippen MR) is 45.7 cm³/mol. The number of halogens is 1. The lowest BCUT2D eigenvalue weighted by molar-refractivity contribution is 0.133. The van der Waals surface area contributed by atoms with Gasteiger partial charge < -0.3 is 0 Å². The first kappa shape index (κ1) is 12.1. The first-order chi connectivity index (χ1) is 5.27. The molecule has 0 saturated carbocycles. The molecule has 74 valence electrons. The molecule has 0 amide bonds. The molecule has 0 aliphatic heterocycles. The summed E-state index contributed by atoms with van der Waals surface area (Å²) in [5, 5.41) is 0. The van der Waals surface area contributed by atoms with E-state index < -0.39 is 7.91 Å². The Morgan fingerprint density at radius 2 is 1.83 bits per heavy atom. The number of rotatable bonds is 4. The average molecular weight is 198 g/mol.